The normalized spacial score (nSPS) is 13.9. The minimum absolute atomic E-state index is 0.119. The van der Waals surface area contributed by atoms with Crippen LogP contribution in [-0.2, 0) is 6.42 Å². The number of nitrogens with two attached hydrogens (primary N) is 1. The van der Waals surface area contributed by atoms with Crippen molar-refractivity contribution in [2.24, 2.45) is 0 Å². The summed E-state index contributed by atoms with van der Waals surface area (Å²) in [6.45, 7) is 1.35. The van der Waals surface area contributed by atoms with E-state index in [-0.39, 0.29) is 5.78 Å². The summed E-state index contributed by atoms with van der Waals surface area (Å²) in [4.78, 5) is 14.5. The van der Waals surface area contributed by atoms with Crippen molar-refractivity contribution in [2.45, 2.75) is 12.8 Å². The van der Waals surface area contributed by atoms with Gasteiger partial charge in [0.2, 0.25) is 0 Å². The third-order valence-corrected chi connectivity index (χ3v) is 3.75. The van der Waals surface area contributed by atoms with Gasteiger partial charge in [-0.15, -0.1) is 0 Å². The lowest BCUT2D eigenvalue weighted by Crippen LogP contribution is -2.34. The number of Topliss-reactive ketones (excluding diaryl/α,β-unsaturated/α-hetero) is 1. The first-order valence-corrected chi connectivity index (χ1v) is 6.95. The predicted octanol–water partition coefficient (Wildman–Crippen LogP) is 2.90. The molecule has 102 valence electrons. The highest BCUT2D eigenvalue weighted by Gasteiger charge is 2.19. The largest absolute Gasteiger partial charge is 0.399 e. The number of anilines is 2. The first-order chi connectivity index (χ1) is 9.74. The zero-order valence-corrected chi connectivity index (χ0v) is 11.4. The van der Waals surface area contributed by atoms with E-state index in [4.69, 9.17) is 5.73 Å². The van der Waals surface area contributed by atoms with Gasteiger partial charge in [-0.3, -0.25) is 4.79 Å². The van der Waals surface area contributed by atoms with Crippen LogP contribution in [0.15, 0.2) is 48.5 Å². The molecule has 0 aromatic heterocycles. The van der Waals surface area contributed by atoms with E-state index in [1.54, 1.807) is 12.1 Å². The number of hydrogen-bond acceptors (Lipinski definition) is 3. The van der Waals surface area contributed by atoms with Gasteiger partial charge < -0.3 is 10.6 Å². The maximum atomic E-state index is 12.4. The quantitative estimate of drug-likeness (QED) is 0.686. The van der Waals surface area contributed by atoms with Crippen LogP contribution in [0.25, 0.3) is 0 Å². The molecule has 0 fully saturated rings. The van der Waals surface area contributed by atoms with Crippen LogP contribution in [0.4, 0.5) is 11.4 Å². The zero-order valence-electron chi connectivity index (χ0n) is 11.4. The Balaban J connectivity index is 1.81. The molecule has 0 spiro atoms. The minimum Gasteiger partial charge on any atom is -0.399 e. The maximum absolute atomic E-state index is 12.4. The van der Waals surface area contributed by atoms with Gasteiger partial charge in [-0.25, -0.2) is 0 Å². The molecule has 0 bridgehead atoms. The molecule has 20 heavy (non-hydrogen) atoms. The Morgan fingerprint density at radius 1 is 1.15 bits per heavy atom. The van der Waals surface area contributed by atoms with Crippen molar-refractivity contribution in [3.63, 3.8) is 0 Å². The molecule has 3 nitrogen and oxygen atoms in total. The summed E-state index contributed by atoms with van der Waals surface area (Å²) >= 11 is 0. The summed E-state index contributed by atoms with van der Waals surface area (Å²) in [5.74, 6) is 0.119. The summed E-state index contributed by atoms with van der Waals surface area (Å²) in [6.07, 6.45) is 2.19. The number of rotatable bonds is 3. The van der Waals surface area contributed by atoms with E-state index < -0.39 is 0 Å². The van der Waals surface area contributed by atoms with Gasteiger partial charge in [0.15, 0.2) is 5.78 Å². The summed E-state index contributed by atoms with van der Waals surface area (Å²) < 4.78 is 0. The van der Waals surface area contributed by atoms with Crippen LogP contribution in [0.5, 0.6) is 0 Å². The molecule has 0 saturated heterocycles. The minimum atomic E-state index is 0.119. The van der Waals surface area contributed by atoms with Gasteiger partial charge >= 0.3 is 0 Å². The number of aryl methyl sites for hydroxylation is 1. The van der Waals surface area contributed by atoms with Crippen LogP contribution >= 0.6 is 0 Å². The van der Waals surface area contributed by atoms with Crippen molar-refractivity contribution < 1.29 is 4.79 Å². The lowest BCUT2D eigenvalue weighted by atomic mass is 10.0. The maximum Gasteiger partial charge on any atom is 0.182 e. The van der Waals surface area contributed by atoms with Crippen LogP contribution in [0.3, 0.4) is 0 Å². The van der Waals surface area contributed by atoms with E-state index >= 15 is 0 Å². The number of fused-ring (bicyclic) bond motifs is 1. The van der Waals surface area contributed by atoms with Crippen molar-refractivity contribution in [1.29, 1.82) is 0 Å². The number of carbonyl (C=O) groups excluding carboxylic acids is 1. The van der Waals surface area contributed by atoms with E-state index in [0.29, 0.717) is 17.8 Å². The van der Waals surface area contributed by atoms with Gasteiger partial charge in [0.1, 0.15) is 0 Å². The molecule has 2 aromatic carbocycles. The SMILES string of the molecule is Nc1cccc(C(=O)CN2CCCc3ccccc32)c1. The second-order valence-corrected chi connectivity index (χ2v) is 5.20. The summed E-state index contributed by atoms with van der Waals surface area (Å²) in [5, 5.41) is 0. The topological polar surface area (TPSA) is 46.3 Å². The van der Waals surface area contributed by atoms with Crippen LogP contribution in [0.2, 0.25) is 0 Å². The third-order valence-electron chi connectivity index (χ3n) is 3.75. The monoisotopic (exact) mass is 266 g/mol. The lowest BCUT2D eigenvalue weighted by molar-refractivity contribution is 0.0998. The fourth-order valence-corrected chi connectivity index (χ4v) is 2.75. The Morgan fingerprint density at radius 3 is 2.85 bits per heavy atom. The van der Waals surface area contributed by atoms with Crippen LogP contribution in [0.1, 0.15) is 22.3 Å². The zero-order chi connectivity index (χ0) is 13.9. The number of benzene rings is 2. The first-order valence-electron chi connectivity index (χ1n) is 6.95. The fourth-order valence-electron chi connectivity index (χ4n) is 2.75. The highest BCUT2D eigenvalue weighted by atomic mass is 16.1. The number of nitrogen functional groups attached to an aromatic ring is 1. The van der Waals surface area contributed by atoms with Gasteiger partial charge in [-0.2, -0.15) is 0 Å². The Bertz CT molecular complexity index is 636. The summed E-state index contributed by atoms with van der Waals surface area (Å²) in [7, 11) is 0. The Morgan fingerprint density at radius 2 is 2.00 bits per heavy atom. The van der Waals surface area contributed by atoms with E-state index in [9.17, 15) is 4.79 Å². The molecule has 0 radical (unpaired) electrons. The van der Waals surface area contributed by atoms with Crippen LogP contribution < -0.4 is 10.6 Å². The van der Waals surface area contributed by atoms with E-state index in [2.05, 4.69) is 23.1 Å². The number of nitrogens with zero attached hydrogens (tertiary/aromatic N) is 1. The Hall–Kier alpha value is -2.29. The molecule has 1 aliphatic heterocycles. The molecule has 0 saturated carbocycles. The van der Waals surface area contributed by atoms with Crippen molar-refractivity contribution in [1.82, 2.24) is 0 Å². The average molecular weight is 266 g/mol. The summed E-state index contributed by atoms with van der Waals surface area (Å²) in [6, 6.07) is 15.5. The molecule has 1 heterocycles. The van der Waals surface area contributed by atoms with Crippen molar-refractivity contribution >= 4 is 17.2 Å². The Labute approximate surface area is 119 Å². The fraction of sp³-hybridized carbons (Fsp3) is 0.235. The second kappa shape index (κ2) is 5.37. The predicted molar refractivity (Wildman–Crippen MR) is 82.2 cm³/mol. The number of ketones is 1. The van der Waals surface area contributed by atoms with Crippen LogP contribution in [-0.4, -0.2) is 18.9 Å². The number of para-hydroxylation sites is 1. The average Bonchev–Trinajstić information content (AvgIpc) is 2.47. The molecular weight excluding hydrogens is 248 g/mol. The molecule has 3 rings (SSSR count). The molecule has 2 N–H and O–H groups in total. The number of carbonyl (C=O) groups is 1. The van der Waals surface area contributed by atoms with Crippen LogP contribution in [0, 0.1) is 0 Å². The molecule has 0 unspecified atom stereocenters. The summed E-state index contributed by atoms with van der Waals surface area (Å²) in [5.41, 5.74) is 9.59. The molecule has 2 aromatic rings. The second-order valence-electron chi connectivity index (χ2n) is 5.20. The number of hydrogen-bond donors (Lipinski definition) is 1. The van der Waals surface area contributed by atoms with Crippen molar-refractivity contribution in [2.75, 3.05) is 23.7 Å². The van der Waals surface area contributed by atoms with Gasteiger partial charge in [0, 0.05) is 23.5 Å². The standard InChI is InChI=1S/C17H18N2O/c18-15-8-3-6-14(11-15)17(20)12-19-10-4-7-13-5-1-2-9-16(13)19/h1-3,5-6,8-9,11H,4,7,10,12,18H2. The lowest BCUT2D eigenvalue weighted by Gasteiger charge is -2.30. The highest BCUT2D eigenvalue weighted by molar-refractivity contribution is 6.00. The Kier molecular flexibility index (Phi) is 3.42. The van der Waals surface area contributed by atoms with E-state index in [0.717, 1.165) is 19.4 Å². The molecule has 0 atom stereocenters. The van der Waals surface area contributed by atoms with Gasteiger partial charge in [-0.05, 0) is 36.6 Å². The van der Waals surface area contributed by atoms with Gasteiger partial charge in [-0.1, -0.05) is 30.3 Å². The van der Waals surface area contributed by atoms with Gasteiger partial charge in [0.25, 0.3) is 0 Å². The molecule has 1 aliphatic rings. The van der Waals surface area contributed by atoms with Crippen molar-refractivity contribution in [3.05, 3.63) is 59.7 Å². The van der Waals surface area contributed by atoms with Crippen molar-refractivity contribution in [3.8, 4) is 0 Å². The molecule has 3 heteroatoms. The highest BCUT2D eigenvalue weighted by Crippen LogP contribution is 2.26. The molecular formula is C17H18N2O. The van der Waals surface area contributed by atoms with Gasteiger partial charge in [0.05, 0.1) is 6.54 Å². The molecule has 0 aliphatic carbocycles. The van der Waals surface area contributed by atoms with E-state index in [1.807, 2.05) is 18.2 Å². The van der Waals surface area contributed by atoms with E-state index in [1.165, 1.54) is 11.3 Å². The molecule has 0 amide bonds. The first kappa shape index (κ1) is 12.7. The third kappa shape index (κ3) is 2.52. The smallest absolute Gasteiger partial charge is 0.182 e.